The molecule has 0 saturated carbocycles. The van der Waals surface area contributed by atoms with E-state index in [9.17, 15) is 0 Å². The summed E-state index contributed by atoms with van der Waals surface area (Å²) in [4.78, 5) is 0. The van der Waals surface area contributed by atoms with Crippen molar-refractivity contribution in [3.63, 3.8) is 0 Å². The Labute approximate surface area is 166 Å². The summed E-state index contributed by atoms with van der Waals surface area (Å²) in [5.74, 6) is 1.97. The second-order valence-electron chi connectivity index (χ2n) is 9.07. The Morgan fingerprint density at radius 3 is 2.25 bits per heavy atom. The fourth-order valence-corrected chi connectivity index (χ4v) is 4.55. The normalized spacial score (nSPS) is 12.9. The molecule has 28 heavy (non-hydrogen) atoms. The SMILES string of the molecule is Cc1c2c(c(C)c3ccccc13)-c1c3c(cc(C(C)(C)C)cc3cc[n+]1C)O2. The van der Waals surface area contributed by atoms with E-state index in [1.54, 1.807) is 0 Å². The van der Waals surface area contributed by atoms with Crippen LogP contribution in [0.3, 0.4) is 0 Å². The van der Waals surface area contributed by atoms with Crippen LogP contribution in [0.4, 0.5) is 0 Å². The number of hydrogen-bond donors (Lipinski definition) is 0. The van der Waals surface area contributed by atoms with Crippen LogP contribution < -0.4 is 9.30 Å². The van der Waals surface area contributed by atoms with Crippen molar-refractivity contribution in [1.82, 2.24) is 0 Å². The first-order valence-corrected chi connectivity index (χ1v) is 9.94. The Kier molecular flexibility index (Phi) is 3.43. The number of nitrogens with zero attached hydrogens (tertiary/aromatic N) is 1. The molecule has 2 heteroatoms. The van der Waals surface area contributed by atoms with E-state index in [2.05, 4.69) is 94.9 Å². The molecule has 0 atom stereocenters. The monoisotopic (exact) mass is 368 g/mol. The fourth-order valence-electron chi connectivity index (χ4n) is 4.55. The summed E-state index contributed by atoms with van der Waals surface area (Å²) in [6.07, 6.45) is 2.17. The molecule has 2 nitrogen and oxygen atoms in total. The van der Waals surface area contributed by atoms with Gasteiger partial charge in [-0.15, -0.1) is 0 Å². The maximum absolute atomic E-state index is 6.65. The van der Waals surface area contributed by atoms with Crippen molar-refractivity contribution < 1.29 is 9.30 Å². The van der Waals surface area contributed by atoms with Gasteiger partial charge < -0.3 is 4.74 Å². The molecule has 5 rings (SSSR count). The predicted molar refractivity (Wildman–Crippen MR) is 116 cm³/mol. The molecule has 1 aliphatic heterocycles. The summed E-state index contributed by atoms with van der Waals surface area (Å²) in [5, 5.41) is 5.02. The van der Waals surface area contributed by atoms with Gasteiger partial charge in [-0.25, -0.2) is 4.57 Å². The number of benzene rings is 3. The molecular formula is C26H26NO+. The van der Waals surface area contributed by atoms with Crippen molar-refractivity contribution in [2.45, 2.75) is 40.0 Å². The van der Waals surface area contributed by atoms with Gasteiger partial charge in [0.05, 0.1) is 10.9 Å². The lowest BCUT2D eigenvalue weighted by atomic mass is 9.84. The van der Waals surface area contributed by atoms with Crippen LogP contribution in [0.15, 0.2) is 48.7 Å². The molecule has 0 fully saturated rings. The number of aryl methyl sites for hydroxylation is 3. The van der Waals surface area contributed by atoms with Crippen LogP contribution in [0.2, 0.25) is 0 Å². The minimum absolute atomic E-state index is 0.0703. The van der Waals surface area contributed by atoms with E-state index in [-0.39, 0.29) is 5.41 Å². The third-order valence-corrected chi connectivity index (χ3v) is 6.19. The number of hydrogen-bond acceptors (Lipinski definition) is 1. The molecule has 2 heterocycles. The van der Waals surface area contributed by atoms with Crippen LogP contribution >= 0.6 is 0 Å². The highest BCUT2D eigenvalue weighted by Gasteiger charge is 2.32. The lowest BCUT2D eigenvalue weighted by Gasteiger charge is -2.26. The number of fused-ring (bicyclic) bond motifs is 3. The second kappa shape index (κ2) is 5.57. The standard InChI is InChI=1S/C26H26NO/c1-15-19-9-7-8-10-20(19)16(2)25-22(15)24-23-17(11-12-27(24)6)13-18(26(3,4)5)14-21(23)28-25/h7-14H,1-6H3/q+1. The van der Waals surface area contributed by atoms with Crippen molar-refractivity contribution >= 4 is 21.5 Å². The van der Waals surface area contributed by atoms with Crippen molar-refractivity contribution in [2.75, 3.05) is 0 Å². The van der Waals surface area contributed by atoms with Crippen molar-refractivity contribution in [2.24, 2.45) is 7.05 Å². The highest BCUT2D eigenvalue weighted by molar-refractivity contribution is 6.06. The molecule has 4 aromatic rings. The highest BCUT2D eigenvalue weighted by Crippen LogP contribution is 2.51. The van der Waals surface area contributed by atoms with Crippen LogP contribution in [-0.4, -0.2) is 0 Å². The molecule has 0 radical (unpaired) electrons. The summed E-state index contributed by atoms with van der Waals surface area (Å²) in [6, 6.07) is 15.4. The van der Waals surface area contributed by atoms with E-state index in [0.29, 0.717) is 0 Å². The summed E-state index contributed by atoms with van der Waals surface area (Å²) in [5.41, 5.74) is 6.33. The lowest BCUT2D eigenvalue weighted by Crippen LogP contribution is -2.32. The topological polar surface area (TPSA) is 13.1 Å². The number of pyridine rings is 1. The summed E-state index contributed by atoms with van der Waals surface area (Å²) < 4.78 is 8.89. The number of aromatic nitrogens is 1. The van der Waals surface area contributed by atoms with Gasteiger partial charge >= 0.3 is 0 Å². The predicted octanol–water partition coefficient (Wildman–Crippen LogP) is 6.50. The maximum Gasteiger partial charge on any atom is 0.228 e. The van der Waals surface area contributed by atoms with Crippen molar-refractivity contribution in [1.29, 1.82) is 0 Å². The largest absolute Gasteiger partial charge is 0.455 e. The fraction of sp³-hybridized carbons (Fsp3) is 0.269. The molecule has 0 N–H and O–H groups in total. The Morgan fingerprint density at radius 2 is 1.57 bits per heavy atom. The van der Waals surface area contributed by atoms with Gasteiger partial charge in [-0.3, -0.25) is 0 Å². The smallest absolute Gasteiger partial charge is 0.228 e. The van der Waals surface area contributed by atoms with Crippen LogP contribution in [0, 0.1) is 13.8 Å². The average molecular weight is 369 g/mol. The van der Waals surface area contributed by atoms with Gasteiger partial charge in [0.1, 0.15) is 18.5 Å². The molecule has 0 aliphatic carbocycles. The first-order chi connectivity index (χ1) is 13.3. The third-order valence-electron chi connectivity index (χ3n) is 6.19. The Bertz CT molecular complexity index is 1290. The molecule has 1 aromatic heterocycles. The van der Waals surface area contributed by atoms with Gasteiger partial charge in [0.15, 0.2) is 6.20 Å². The molecule has 3 aromatic carbocycles. The van der Waals surface area contributed by atoms with Gasteiger partial charge in [0, 0.05) is 11.6 Å². The molecule has 0 bridgehead atoms. The third kappa shape index (κ3) is 2.24. The van der Waals surface area contributed by atoms with Crippen LogP contribution in [-0.2, 0) is 12.5 Å². The second-order valence-corrected chi connectivity index (χ2v) is 9.07. The quantitative estimate of drug-likeness (QED) is 0.284. The Hall–Kier alpha value is -2.87. The van der Waals surface area contributed by atoms with E-state index < -0.39 is 0 Å². The minimum Gasteiger partial charge on any atom is -0.455 e. The zero-order valence-electron chi connectivity index (χ0n) is 17.5. The van der Waals surface area contributed by atoms with E-state index >= 15 is 0 Å². The molecule has 1 aliphatic rings. The van der Waals surface area contributed by atoms with Gasteiger partial charge in [-0.1, -0.05) is 45.0 Å². The van der Waals surface area contributed by atoms with Gasteiger partial charge in [-0.2, -0.15) is 0 Å². The molecule has 0 unspecified atom stereocenters. The van der Waals surface area contributed by atoms with E-state index in [1.807, 2.05) is 0 Å². The molecule has 0 amide bonds. The zero-order chi connectivity index (χ0) is 19.8. The van der Waals surface area contributed by atoms with E-state index in [0.717, 1.165) is 11.5 Å². The lowest BCUT2D eigenvalue weighted by molar-refractivity contribution is -0.659. The highest BCUT2D eigenvalue weighted by atomic mass is 16.5. The first-order valence-electron chi connectivity index (χ1n) is 9.94. The first kappa shape index (κ1) is 17.2. The van der Waals surface area contributed by atoms with E-state index in [1.165, 1.54) is 49.5 Å². The van der Waals surface area contributed by atoms with E-state index in [4.69, 9.17) is 4.74 Å². The molecule has 0 saturated heterocycles. The minimum atomic E-state index is 0.0703. The molecular weight excluding hydrogens is 342 g/mol. The summed E-state index contributed by atoms with van der Waals surface area (Å²) >= 11 is 0. The van der Waals surface area contributed by atoms with Crippen LogP contribution in [0.5, 0.6) is 11.5 Å². The van der Waals surface area contributed by atoms with Gasteiger partial charge in [-0.05, 0) is 58.7 Å². The number of ether oxygens (including phenoxy) is 1. The maximum atomic E-state index is 6.65. The van der Waals surface area contributed by atoms with Crippen molar-refractivity contribution in [3.8, 4) is 22.8 Å². The summed E-state index contributed by atoms with van der Waals surface area (Å²) in [6.45, 7) is 11.2. The van der Waals surface area contributed by atoms with Gasteiger partial charge in [0.25, 0.3) is 0 Å². The number of rotatable bonds is 0. The van der Waals surface area contributed by atoms with Crippen molar-refractivity contribution in [3.05, 3.63) is 65.4 Å². The Balaban J connectivity index is 1.97. The van der Waals surface area contributed by atoms with Crippen LogP contribution in [0.1, 0.15) is 37.5 Å². The van der Waals surface area contributed by atoms with Crippen LogP contribution in [0.25, 0.3) is 32.8 Å². The molecule has 140 valence electrons. The average Bonchev–Trinajstić information content (AvgIpc) is 2.67. The zero-order valence-corrected chi connectivity index (χ0v) is 17.5. The summed E-state index contributed by atoms with van der Waals surface area (Å²) in [7, 11) is 2.13. The van der Waals surface area contributed by atoms with Gasteiger partial charge in [0.2, 0.25) is 5.69 Å². The Morgan fingerprint density at radius 1 is 0.893 bits per heavy atom. The molecule has 0 spiro atoms.